The Morgan fingerprint density at radius 3 is 2.50 bits per heavy atom. The molecule has 0 radical (unpaired) electrons. The summed E-state index contributed by atoms with van der Waals surface area (Å²) in [5, 5.41) is 20.8. The van der Waals surface area contributed by atoms with Gasteiger partial charge in [-0.3, -0.25) is 0 Å². The van der Waals surface area contributed by atoms with Crippen LogP contribution in [0.2, 0.25) is 0 Å². The normalized spacial score (nSPS) is 11.1. The number of benzene rings is 1. The molecule has 5 nitrogen and oxygen atoms in total. The standard InChI is InChI=1S/C14H22BNO4/c1-10-9-12(15(18)19)6-5-11(10)7-8-16-13(17)20-14(2,3)4/h5-6,9,18-19H,7-8H2,1-4H3,(H,16,17). The van der Waals surface area contributed by atoms with E-state index in [1.807, 2.05) is 33.8 Å². The van der Waals surface area contributed by atoms with Crippen molar-refractivity contribution in [3.8, 4) is 0 Å². The number of amides is 1. The third kappa shape index (κ3) is 5.63. The lowest BCUT2D eigenvalue weighted by molar-refractivity contribution is 0.0528. The molecule has 0 aliphatic heterocycles. The third-order valence-corrected chi connectivity index (χ3v) is 2.73. The summed E-state index contributed by atoms with van der Waals surface area (Å²) in [4.78, 5) is 11.5. The van der Waals surface area contributed by atoms with Crippen molar-refractivity contribution in [2.24, 2.45) is 0 Å². The Morgan fingerprint density at radius 2 is 2.00 bits per heavy atom. The molecule has 1 aromatic carbocycles. The van der Waals surface area contributed by atoms with Gasteiger partial charge in [-0.2, -0.15) is 0 Å². The van der Waals surface area contributed by atoms with E-state index in [9.17, 15) is 4.79 Å². The summed E-state index contributed by atoms with van der Waals surface area (Å²) in [6.45, 7) is 7.81. The molecule has 0 heterocycles. The number of hydrogen-bond donors (Lipinski definition) is 3. The van der Waals surface area contributed by atoms with Crippen LogP contribution in [0.4, 0.5) is 4.79 Å². The van der Waals surface area contributed by atoms with Gasteiger partial charge in [0.15, 0.2) is 0 Å². The highest BCUT2D eigenvalue weighted by Gasteiger charge is 2.16. The molecule has 0 bridgehead atoms. The Morgan fingerprint density at radius 1 is 1.35 bits per heavy atom. The third-order valence-electron chi connectivity index (χ3n) is 2.73. The van der Waals surface area contributed by atoms with Gasteiger partial charge in [-0.15, -0.1) is 0 Å². The minimum absolute atomic E-state index is 0.433. The molecule has 0 aliphatic carbocycles. The molecular weight excluding hydrogens is 257 g/mol. The maximum absolute atomic E-state index is 11.5. The van der Waals surface area contributed by atoms with Crippen molar-refractivity contribution >= 4 is 18.7 Å². The average molecular weight is 279 g/mol. The summed E-state index contributed by atoms with van der Waals surface area (Å²) in [6, 6.07) is 5.23. The van der Waals surface area contributed by atoms with Crippen LogP contribution in [0.3, 0.4) is 0 Å². The molecule has 0 saturated carbocycles. The molecule has 1 rings (SSSR count). The average Bonchev–Trinajstić information content (AvgIpc) is 2.28. The van der Waals surface area contributed by atoms with Crippen LogP contribution in [0.1, 0.15) is 31.9 Å². The molecule has 0 spiro atoms. The first-order valence-corrected chi connectivity index (χ1v) is 6.61. The van der Waals surface area contributed by atoms with Crippen LogP contribution >= 0.6 is 0 Å². The van der Waals surface area contributed by atoms with E-state index in [0.29, 0.717) is 18.4 Å². The van der Waals surface area contributed by atoms with Gasteiger partial charge in [0.05, 0.1) is 0 Å². The van der Waals surface area contributed by atoms with E-state index in [4.69, 9.17) is 14.8 Å². The molecule has 0 unspecified atom stereocenters. The molecule has 1 amide bonds. The number of hydrogen-bond acceptors (Lipinski definition) is 4. The second kappa shape index (κ2) is 6.77. The first-order chi connectivity index (χ1) is 9.19. The fourth-order valence-corrected chi connectivity index (χ4v) is 1.77. The Labute approximate surface area is 120 Å². The molecule has 0 saturated heterocycles. The van der Waals surface area contributed by atoms with Crippen molar-refractivity contribution in [2.75, 3.05) is 6.54 Å². The Kier molecular flexibility index (Phi) is 5.59. The Balaban J connectivity index is 2.48. The van der Waals surface area contributed by atoms with Crippen LogP contribution in [0.5, 0.6) is 0 Å². The lowest BCUT2D eigenvalue weighted by Gasteiger charge is -2.19. The zero-order valence-corrected chi connectivity index (χ0v) is 12.4. The number of nitrogens with one attached hydrogen (secondary N) is 1. The molecule has 110 valence electrons. The molecule has 6 heteroatoms. The van der Waals surface area contributed by atoms with Gasteiger partial charge in [0, 0.05) is 6.54 Å². The van der Waals surface area contributed by atoms with Crippen molar-refractivity contribution in [1.29, 1.82) is 0 Å². The maximum Gasteiger partial charge on any atom is 0.488 e. The molecule has 20 heavy (non-hydrogen) atoms. The van der Waals surface area contributed by atoms with Crippen LogP contribution in [0.25, 0.3) is 0 Å². The molecule has 0 atom stereocenters. The van der Waals surface area contributed by atoms with Crippen molar-refractivity contribution in [1.82, 2.24) is 5.32 Å². The number of carbonyl (C=O) groups excluding carboxylic acids is 1. The number of rotatable bonds is 4. The molecular formula is C14H22BNO4. The zero-order chi connectivity index (χ0) is 15.3. The van der Waals surface area contributed by atoms with E-state index >= 15 is 0 Å². The first kappa shape index (κ1) is 16.5. The molecule has 0 aromatic heterocycles. The number of alkyl carbamates (subject to hydrolysis) is 1. The van der Waals surface area contributed by atoms with Crippen LogP contribution < -0.4 is 10.8 Å². The number of aryl methyl sites for hydroxylation is 1. The van der Waals surface area contributed by atoms with Gasteiger partial charge in [0.25, 0.3) is 0 Å². The van der Waals surface area contributed by atoms with E-state index in [-0.39, 0.29) is 0 Å². The predicted octanol–water partition coefficient (Wildman–Crippen LogP) is 0.742. The minimum Gasteiger partial charge on any atom is -0.444 e. The summed E-state index contributed by atoms with van der Waals surface area (Å²) in [6.07, 6.45) is 0.227. The van der Waals surface area contributed by atoms with Crippen LogP contribution in [0, 0.1) is 6.92 Å². The molecule has 0 fully saturated rings. The summed E-state index contributed by atoms with van der Waals surface area (Å²) >= 11 is 0. The van der Waals surface area contributed by atoms with Crippen molar-refractivity contribution in [3.05, 3.63) is 29.3 Å². The van der Waals surface area contributed by atoms with Gasteiger partial charge in [-0.1, -0.05) is 18.2 Å². The fraction of sp³-hybridized carbons (Fsp3) is 0.500. The second-order valence-electron chi connectivity index (χ2n) is 5.74. The summed E-state index contributed by atoms with van der Waals surface area (Å²) in [5.41, 5.74) is 1.97. The molecule has 1 aromatic rings. The van der Waals surface area contributed by atoms with Gasteiger partial charge < -0.3 is 20.1 Å². The highest BCUT2D eigenvalue weighted by Crippen LogP contribution is 2.08. The van der Waals surface area contributed by atoms with E-state index in [2.05, 4.69) is 5.32 Å². The van der Waals surface area contributed by atoms with E-state index in [1.165, 1.54) is 0 Å². The highest BCUT2D eigenvalue weighted by molar-refractivity contribution is 6.58. The summed E-state index contributed by atoms with van der Waals surface area (Å²) < 4.78 is 5.14. The van der Waals surface area contributed by atoms with Crippen LogP contribution in [-0.2, 0) is 11.2 Å². The van der Waals surface area contributed by atoms with Gasteiger partial charge in [-0.05, 0) is 50.7 Å². The summed E-state index contributed by atoms with van der Waals surface area (Å²) in [7, 11) is -1.46. The monoisotopic (exact) mass is 279 g/mol. The van der Waals surface area contributed by atoms with Crippen molar-refractivity contribution in [2.45, 2.75) is 39.7 Å². The number of carbonyl (C=O) groups is 1. The van der Waals surface area contributed by atoms with Crippen LogP contribution in [0.15, 0.2) is 18.2 Å². The lowest BCUT2D eigenvalue weighted by Crippen LogP contribution is -2.33. The van der Waals surface area contributed by atoms with Crippen LogP contribution in [-0.4, -0.2) is 35.4 Å². The van der Waals surface area contributed by atoms with E-state index in [0.717, 1.165) is 11.1 Å². The minimum atomic E-state index is -1.46. The quantitative estimate of drug-likeness (QED) is 0.710. The van der Waals surface area contributed by atoms with E-state index in [1.54, 1.807) is 12.1 Å². The SMILES string of the molecule is Cc1cc(B(O)O)ccc1CCNC(=O)OC(C)(C)C. The topological polar surface area (TPSA) is 78.8 Å². The zero-order valence-electron chi connectivity index (χ0n) is 12.4. The largest absolute Gasteiger partial charge is 0.488 e. The Bertz CT molecular complexity index is 469. The number of ether oxygens (including phenoxy) is 1. The highest BCUT2D eigenvalue weighted by atomic mass is 16.6. The molecule has 3 N–H and O–H groups in total. The van der Waals surface area contributed by atoms with Gasteiger partial charge in [-0.25, -0.2) is 4.79 Å². The van der Waals surface area contributed by atoms with Gasteiger partial charge in [0.2, 0.25) is 0 Å². The predicted molar refractivity (Wildman–Crippen MR) is 78.9 cm³/mol. The maximum atomic E-state index is 11.5. The summed E-state index contributed by atoms with van der Waals surface area (Å²) in [5.74, 6) is 0. The van der Waals surface area contributed by atoms with Gasteiger partial charge in [0.1, 0.15) is 5.60 Å². The van der Waals surface area contributed by atoms with Gasteiger partial charge >= 0.3 is 13.2 Å². The Hall–Kier alpha value is -1.53. The lowest BCUT2D eigenvalue weighted by atomic mass is 9.79. The van der Waals surface area contributed by atoms with Crippen molar-refractivity contribution in [3.63, 3.8) is 0 Å². The molecule has 0 aliphatic rings. The van der Waals surface area contributed by atoms with E-state index < -0.39 is 18.8 Å². The first-order valence-electron chi connectivity index (χ1n) is 6.61. The second-order valence-corrected chi connectivity index (χ2v) is 5.74. The van der Waals surface area contributed by atoms with Crippen molar-refractivity contribution < 1.29 is 19.6 Å². The smallest absolute Gasteiger partial charge is 0.444 e. The fourth-order valence-electron chi connectivity index (χ4n) is 1.77.